The molecule has 7 heteroatoms. The summed E-state index contributed by atoms with van der Waals surface area (Å²) >= 11 is 0. The van der Waals surface area contributed by atoms with Crippen molar-refractivity contribution >= 4 is 11.8 Å². The Morgan fingerprint density at radius 2 is 1.71 bits per heavy atom. The van der Waals surface area contributed by atoms with Crippen molar-refractivity contribution in [3.63, 3.8) is 0 Å². The second kappa shape index (κ2) is 6.47. The Kier molecular flexibility index (Phi) is 4.23. The zero-order valence-corrected chi connectivity index (χ0v) is 11.8. The molecule has 7 nitrogen and oxygen atoms in total. The first-order valence-corrected chi connectivity index (χ1v) is 7.01. The van der Waals surface area contributed by atoms with E-state index in [4.69, 9.17) is 5.84 Å². The van der Waals surface area contributed by atoms with Gasteiger partial charge < -0.3 is 10.3 Å². The highest BCUT2D eigenvalue weighted by atomic mass is 15.3. The SMILES string of the molecule is NNc1ncccc1CN1CCN(c2ncccn2)CC1. The Hall–Kier alpha value is -2.25. The van der Waals surface area contributed by atoms with Crippen molar-refractivity contribution in [3.8, 4) is 0 Å². The maximum atomic E-state index is 5.50. The molecule has 1 aliphatic heterocycles. The fourth-order valence-electron chi connectivity index (χ4n) is 2.50. The molecule has 0 atom stereocenters. The Morgan fingerprint density at radius 1 is 1.00 bits per heavy atom. The molecule has 0 radical (unpaired) electrons. The standard InChI is InChI=1S/C14H19N7/c15-19-13-12(3-1-4-16-13)11-20-7-9-21(10-8-20)14-17-5-2-6-18-14/h1-6H,7-11,15H2,(H,16,19). The number of anilines is 2. The topological polar surface area (TPSA) is 83.2 Å². The molecule has 1 fully saturated rings. The number of nitrogen functional groups attached to an aromatic ring is 1. The van der Waals surface area contributed by atoms with Gasteiger partial charge in [-0.15, -0.1) is 0 Å². The summed E-state index contributed by atoms with van der Waals surface area (Å²) in [7, 11) is 0. The third-order valence-electron chi connectivity index (χ3n) is 3.63. The van der Waals surface area contributed by atoms with Crippen molar-refractivity contribution in [3.05, 3.63) is 42.4 Å². The minimum Gasteiger partial charge on any atom is -0.338 e. The smallest absolute Gasteiger partial charge is 0.225 e. The molecular weight excluding hydrogens is 266 g/mol. The number of pyridine rings is 1. The van der Waals surface area contributed by atoms with Gasteiger partial charge in [-0.25, -0.2) is 20.8 Å². The molecule has 0 aromatic carbocycles. The first kappa shape index (κ1) is 13.7. The van der Waals surface area contributed by atoms with E-state index in [1.54, 1.807) is 18.6 Å². The summed E-state index contributed by atoms with van der Waals surface area (Å²) in [6.07, 6.45) is 5.30. The molecule has 0 aliphatic carbocycles. The minimum absolute atomic E-state index is 0.742. The number of nitrogens with two attached hydrogens (primary N) is 1. The highest BCUT2D eigenvalue weighted by Crippen LogP contribution is 2.16. The van der Waals surface area contributed by atoms with Crippen LogP contribution in [0.15, 0.2) is 36.8 Å². The minimum atomic E-state index is 0.742. The summed E-state index contributed by atoms with van der Waals surface area (Å²) < 4.78 is 0. The highest BCUT2D eigenvalue weighted by Gasteiger charge is 2.19. The zero-order chi connectivity index (χ0) is 14.5. The van der Waals surface area contributed by atoms with Crippen LogP contribution in [0.25, 0.3) is 0 Å². The molecule has 2 aromatic heterocycles. The van der Waals surface area contributed by atoms with Crippen molar-refractivity contribution in [2.45, 2.75) is 6.54 Å². The normalized spacial score (nSPS) is 16.0. The number of hydrogen-bond acceptors (Lipinski definition) is 7. The quantitative estimate of drug-likeness (QED) is 0.624. The van der Waals surface area contributed by atoms with E-state index < -0.39 is 0 Å². The predicted octanol–water partition coefficient (Wildman–Crippen LogP) is 0.479. The number of rotatable bonds is 4. The van der Waals surface area contributed by atoms with Gasteiger partial charge in [-0.1, -0.05) is 6.07 Å². The molecule has 1 aliphatic rings. The summed E-state index contributed by atoms with van der Waals surface area (Å²) in [5.41, 5.74) is 3.77. The molecule has 0 unspecified atom stereocenters. The molecule has 3 N–H and O–H groups in total. The molecular formula is C14H19N7. The van der Waals surface area contributed by atoms with Gasteiger partial charge in [0.1, 0.15) is 5.82 Å². The van der Waals surface area contributed by atoms with Crippen LogP contribution in [0.2, 0.25) is 0 Å². The monoisotopic (exact) mass is 285 g/mol. The molecule has 0 spiro atoms. The van der Waals surface area contributed by atoms with Crippen molar-refractivity contribution in [2.75, 3.05) is 36.5 Å². The Bertz CT molecular complexity index is 567. The third kappa shape index (κ3) is 3.26. The Morgan fingerprint density at radius 3 is 2.43 bits per heavy atom. The third-order valence-corrected chi connectivity index (χ3v) is 3.63. The molecule has 21 heavy (non-hydrogen) atoms. The van der Waals surface area contributed by atoms with E-state index in [0.717, 1.165) is 50.1 Å². The van der Waals surface area contributed by atoms with Gasteiger partial charge in [0.05, 0.1) is 0 Å². The molecule has 0 amide bonds. The van der Waals surface area contributed by atoms with Gasteiger partial charge >= 0.3 is 0 Å². The lowest BCUT2D eigenvalue weighted by Crippen LogP contribution is -2.46. The van der Waals surface area contributed by atoms with Crippen molar-refractivity contribution in [1.29, 1.82) is 0 Å². The van der Waals surface area contributed by atoms with Crippen LogP contribution in [0.5, 0.6) is 0 Å². The van der Waals surface area contributed by atoms with Crippen LogP contribution < -0.4 is 16.2 Å². The van der Waals surface area contributed by atoms with Gasteiger partial charge in [0.15, 0.2) is 0 Å². The van der Waals surface area contributed by atoms with Crippen LogP contribution >= 0.6 is 0 Å². The first-order valence-electron chi connectivity index (χ1n) is 7.01. The molecule has 110 valence electrons. The maximum absolute atomic E-state index is 5.50. The van der Waals surface area contributed by atoms with Gasteiger partial charge in [-0.2, -0.15) is 0 Å². The predicted molar refractivity (Wildman–Crippen MR) is 81.6 cm³/mol. The zero-order valence-electron chi connectivity index (χ0n) is 11.8. The van der Waals surface area contributed by atoms with E-state index >= 15 is 0 Å². The summed E-state index contributed by atoms with van der Waals surface area (Å²) in [5, 5.41) is 0. The number of piperazine rings is 1. The number of nitrogens with one attached hydrogen (secondary N) is 1. The van der Waals surface area contributed by atoms with Gasteiger partial charge in [0, 0.05) is 56.9 Å². The lowest BCUT2D eigenvalue weighted by molar-refractivity contribution is 0.249. The Balaban J connectivity index is 1.59. The van der Waals surface area contributed by atoms with Crippen LogP contribution in [-0.2, 0) is 6.54 Å². The molecule has 0 bridgehead atoms. The Labute approximate surface area is 123 Å². The summed E-state index contributed by atoms with van der Waals surface area (Å²) in [4.78, 5) is 17.4. The number of hydrazine groups is 1. The molecule has 1 saturated heterocycles. The van der Waals surface area contributed by atoms with E-state index in [-0.39, 0.29) is 0 Å². The van der Waals surface area contributed by atoms with Crippen molar-refractivity contribution < 1.29 is 0 Å². The largest absolute Gasteiger partial charge is 0.338 e. The lowest BCUT2D eigenvalue weighted by Gasteiger charge is -2.34. The molecule has 2 aromatic rings. The van der Waals surface area contributed by atoms with E-state index in [1.165, 1.54) is 0 Å². The summed E-state index contributed by atoms with van der Waals surface area (Å²) in [5.74, 6) is 7.05. The van der Waals surface area contributed by atoms with Gasteiger partial charge in [0.2, 0.25) is 5.95 Å². The molecule has 0 saturated carbocycles. The van der Waals surface area contributed by atoms with Crippen LogP contribution in [0.4, 0.5) is 11.8 Å². The van der Waals surface area contributed by atoms with Crippen LogP contribution in [-0.4, -0.2) is 46.0 Å². The van der Waals surface area contributed by atoms with E-state index in [0.29, 0.717) is 0 Å². The van der Waals surface area contributed by atoms with Crippen molar-refractivity contribution in [2.24, 2.45) is 5.84 Å². The number of nitrogens with zero attached hydrogens (tertiary/aromatic N) is 5. The highest BCUT2D eigenvalue weighted by molar-refractivity contribution is 5.42. The first-order chi connectivity index (χ1) is 10.4. The number of aromatic nitrogens is 3. The van der Waals surface area contributed by atoms with Crippen molar-refractivity contribution in [1.82, 2.24) is 19.9 Å². The van der Waals surface area contributed by atoms with E-state index in [1.807, 2.05) is 12.1 Å². The molecule has 3 rings (SSSR count). The van der Waals surface area contributed by atoms with E-state index in [2.05, 4.69) is 36.2 Å². The second-order valence-corrected chi connectivity index (χ2v) is 4.97. The van der Waals surface area contributed by atoms with Crippen LogP contribution in [0, 0.1) is 0 Å². The average molecular weight is 285 g/mol. The average Bonchev–Trinajstić information content (AvgIpc) is 2.57. The summed E-state index contributed by atoms with van der Waals surface area (Å²) in [6.45, 7) is 4.64. The second-order valence-electron chi connectivity index (χ2n) is 4.97. The fraction of sp³-hybridized carbons (Fsp3) is 0.357. The van der Waals surface area contributed by atoms with Gasteiger partial charge in [-0.05, 0) is 12.1 Å². The summed E-state index contributed by atoms with van der Waals surface area (Å²) in [6, 6.07) is 5.82. The van der Waals surface area contributed by atoms with Gasteiger partial charge in [-0.3, -0.25) is 4.90 Å². The maximum Gasteiger partial charge on any atom is 0.225 e. The lowest BCUT2D eigenvalue weighted by atomic mass is 10.2. The molecule has 3 heterocycles. The number of hydrogen-bond donors (Lipinski definition) is 2. The van der Waals surface area contributed by atoms with Crippen LogP contribution in [0.1, 0.15) is 5.56 Å². The van der Waals surface area contributed by atoms with E-state index in [9.17, 15) is 0 Å². The van der Waals surface area contributed by atoms with Gasteiger partial charge in [0.25, 0.3) is 0 Å². The fourth-order valence-corrected chi connectivity index (χ4v) is 2.50. The van der Waals surface area contributed by atoms with Crippen LogP contribution in [0.3, 0.4) is 0 Å².